The molecule has 0 amide bonds. The topological polar surface area (TPSA) is 72.5 Å². The van der Waals surface area contributed by atoms with Gasteiger partial charge in [-0.05, 0) is 37.0 Å². The average Bonchev–Trinajstić information content (AvgIpc) is 2.25. The highest BCUT2D eigenvalue weighted by Crippen LogP contribution is 2.44. The van der Waals surface area contributed by atoms with E-state index in [4.69, 9.17) is 10.5 Å². The first-order valence-electron chi connectivity index (χ1n) is 5.64. The molecule has 1 aromatic rings. The van der Waals surface area contributed by atoms with Gasteiger partial charge in [-0.2, -0.15) is 0 Å². The van der Waals surface area contributed by atoms with Gasteiger partial charge in [0, 0.05) is 6.04 Å². The molecule has 2 rings (SSSR count). The van der Waals surface area contributed by atoms with E-state index in [1.54, 1.807) is 7.11 Å². The lowest BCUT2D eigenvalue weighted by atomic mass is 9.62. The summed E-state index contributed by atoms with van der Waals surface area (Å²) in [7, 11) is 1.59. The molecule has 0 heterocycles. The number of benzene rings is 1. The predicted octanol–water partition coefficient (Wildman–Crippen LogP) is 1.45. The van der Waals surface area contributed by atoms with Gasteiger partial charge in [0.1, 0.15) is 5.75 Å². The van der Waals surface area contributed by atoms with Gasteiger partial charge in [-0.25, -0.2) is 0 Å². The second kappa shape index (κ2) is 4.04. The largest absolute Gasteiger partial charge is 0.496 e. The van der Waals surface area contributed by atoms with Crippen LogP contribution in [0.25, 0.3) is 0 Å². The molecule has 1 fully saturated rings. The van der Waals surface area contributed by atoms with Crippen molar-refractivity contribution in [2.24, 2.45) is 5.73 Å². The van der Waals surface area contributed by atoms with E-state index in [9.17, 15) is 9.90 Å². The van der Waals surface area contributed by atoms with Crippen LogP contribution in [0.1, 0.15) is 24.0 Å². The first-order valence-corrected chi connectivity index (χ1v) is 5.64. The van der Waals surface area contributed by atoms with Crippen LogP contribution in [0.15, 0.2) is 18.2 Å². The number of methoxy groups -OCH3 is 1. The summed E-state index contributed by atoms with van der Waals surface area (Å²) >= 11 is 0. The van der Waals surface area contributed by atoms with Gasteiger partial charge in [-0.3, -0.25) is 4.79 Å². The molecule has 1 saturated carbocycles. The molecule has 17 heavy (non-hydrogen) atoms. The van der Waals surface area contributed by atoms with Crippen molar-refractivity contribution in [2.75, 3.05) is 7.11 Å². The van der Waals surface area contributed by atoms with Gasteiger partial charge in [0.15, 0.2) is 0 Å². The van der Waals surface area contributed by atoms with Crippen molar-refractivity contribution >= 4 is 5.97 Å². The van der Waals surface area contributed by atoms with Crippen LogP contribution in [0.2, 0.25) is 0 Å². The Morgan fingerprint density at radius 1 is 1.53 bits per heavy atom. The Hall–Kier alpha value is -1.55. The first-order chi connectivity index (χ1) is 7.99. The van der Waals surface area contributed by atoms with Gasteiger partial charge in [0.05, 0.1) is 12.5 Å². The second-order valence-electron chi connectivity index (χ2n) is 4.74. The number of aliphatic carboxylic acids is 1. The van der Waals surface area contributed by atoms with Crippen molar-refractivity contribution in [3.63, 3.8) is 0 Å². The zero-order valence-corrected chi connectivity index (χ0v) is 10.1. The van der Waals surface area contributed by atoms with E-state index in [-0.39, 0.29) is 6.04 Å². The van der Waals surface area contributed by atoms with Crippen LogP contribution in [0, 0.1) is 6.92 Å². The van der Waals surface area contributed by atoms with Gasteiger partial charge in [0.25, 0.3) is 0 Å². The maximum absolute atomic E-state index is 11.4. The summed E-state index contributed by atoms with van der Waals surface area (Å²) in [6.07, 6.45) is 0.989. The Labute approximate surface area is 100 Å². The first kappa shape index (κ1) is 11.9. The molecule has 1 aliphatic carbocycles. The van der Waals surface area contributed by atoms with Crippen LogP contribution in [0.4, 0.5) is 0 Å². The lowest BCUT2D eigenvalue weighted by Gasteiger charge is -2.43. The van der Waals surface area contributed by atoms with Crippen molar-refractivity contribution < 1.29 is 14.6 Å². The Morgan fingerprint density at radius 3 is 2.65 bits per heavy atom. The van der Waals surface area contributed by atoms with Gasteiger partial charge in [-0.1, -0.05) is 12.1 Å². The fourth-order valence-corrected chi connectivity index (χ4v) is 2.49. The number of carboxylic acid groups (broad SMARTS) is 1. The summed E-state index contributed by atoms with van der Waals surface area (Å²) in [5.41, 5.74) is 6.70. The summed E-state index contributed by atoms with van der Waals surface area (Å²) in [6, 6.07) is 5.55. The molecule has 0 aliphatic heterocycles. The van der Waals surface area contributed by atoms with E-state index in [1.807, 2.05) is 25.1 Å². The normalized spacial score (nSPS) is 27.4. The van der Waals surface area contributed by atoms with Crippen LogP contribution >= 0.6 is 0 Å². The number of ether oxygens (including phenoxy) is 1. The van der Waals surface area contributed by atoms with Crippen molar-refractivity contribution in [3.05, 3.63) is 29.3 Å². The van der Waals surface area contributed by atoms with E-state index >= 15 is 0 Å². The zero-order valence-electron chi connectivity index (χ0n) is 10.1. The molecule has 0 saturated heterocycles. The summed E-state index contributed by atoms with van der Waals surface area (Å²) in [4.78, 5) is 11.4. The quantitative estimate of drug-likeness (QED) is 0.831. The van der Waals surface area contributed by atoms with E-state index in [1.165, 1.54) is 0 Å². The molecule has 0 bridgehead atoms. The van der Waals surface area contributed by atoms with Crippen LogP contribution in [0.5, 0.6) is 5.75 Å². The van der Waals surface area contributed by atoms with Gasteiger partial charge < -0.3 is 15.6 Å². The molecule has 0 atom stereocenters. The summed E-state index contributed by atoms with van der Waals surface area (Å²) in [5.74, 6) is -0.0753. The number of rotatable bonds is 3. The number of carbonyl (C=O) groups is 1. The number of nitrogens with two attached hydrogens (primary N) is 1. The lowest BCUT2D eigenvalue weighted by molar-refractivity contribution is -0.148. The molecular formula is C13H17NO3. The van der Waals surface area contributed by atoms with Crippen LogP contribution in [-0.4, -0.2) is 24.2 Å². The molecule has 4 nitrogen and oxygen atoms in total. The number of hydrogen-bond acceptors (Lipinski definition) is 3. The zero-order chi connectivity index (χ0) is 12.6. The highest BCUT2D eigenvalue weighted by Gasteiger charge is 2.50. The van der Waals surface area contributed by atoms with Gasteiger partial charge >= 0.3 is 5.97 Å². The molecule has 4 heteroatoms. The minimum atomic E-state index is -0.819. The molecule has 1 aliphatic rings. The van der Waals surface area contributed by atoms with Crippen molar-refractivity contribution in [2.45, 2.75) is 31.2 Å². The maximum atomic E-state index is 11.4. The van der Waals surface area contributed by atoms with E-state index < -0.39 is 11.4 Å². The molecule has 0 radical (unpaired) electrons. The monoisotopic (exact) mass is 235 g/mol. The predicted molar refractivity (Wildman–Crippen MR) is 64.3 cm³/mol. The van der Waals surface area contributed by atoms with E-state index in [0.29, 0.717) is 12.8 Å². The van der Waals surface area contributed by atoms with E-state index in [0.717, 1.165) is 16.9 Å². The van der Waals surface area contributed by atoms with Crippen LogP contribution in [0.3, 0.4) is 0 Å². The van der Waals surface area contributed by atoms with Crippen LogP contribution < -0.4 is 10.5 Å². The fraction of sp³-hybridized carbons (Fsp3) is 0.462. The number of aryl methyl sites for hydroxylation is 1. The summed E-state index contributed by atoms with van der Waals surface area (Å²) in [5, 5.41) is 9.39. The Kier molecular flexibility index (Phi) is 2.83. The van der Waals surface area contributed by atoms with Crippen molar-refractivity contribution in [3.8, 4) is 5.75 Å². The molecule has 3 N–H and O–H groups in total. The highest BCUT2D eigenvalue weighted by atomic mass is 16.5. The Bertz CT molecular complexity index is 450. The minimum Gasteiger partial charge on any atom is -0.496 e. The lowest BCUT2D eigenvalue weighted by Crippen LogP contribution is -2.54. The molecule has 0 spiro atoms. The third-order valence-electron chi connectivity index (χ3n) is 3.59. The van der Waals surface area contributed by atoms with E-state index in [2.05, 4.69) is 0 Å². The molecule has 0 unspecified atom stereocenters. The molecule has 92 valence electrons. The maximum Gasteiger partial charge on any atom is 0.314 e. The third-order valence-corrected chi connectivity index (χ3v) is 3.59. The molecule has 0 aromatic heterocycles. The smallest absolute Gasteiger partial charge is 0.314 e. The molecule has 1 aromatic carbocycles. The van der Waals surface area contributed by atoms with Gasteiger partial charge in [0.2, 0.25) is 0 Å². The summed E-state index contributed by atoms with van der Waals surface area (Å²) in [6.45, 7) is 1.93. The third kappa shape index (κ3) is 1.78. The summed E-state index contributed by atoms with van der Waals surface area (Å²) < 4.78 is 5.23. The van der Waals surface area contributed by atoms with Crippen molar-refractivity contribution in [1.82, 2.24) is 0 Å². The Morgan fingerprint density at radius 2 is 2.18 bits per heavy atom. The van der Waals surface area contributed by atoms with Crippen LogP contribution in [-0.2, 0) is 10.2 Å². The average molecular weight is 235 g/mol. The van der Waals surface area contributed by atoms with Crippen molar-refractivity contribution in [1.29, 1.82) is 0 Å². The highest BCUT2D eigenvalue weighted by molar-refractivity contribution is 5.83. The van der Waals surface area contributed by atoms with Gasteiger partial charge in [-0.15, -0.1) is 0 Å². The number of carboxylic acids is 1. The number of hydrogen-bond donors (Lipinski definition) is 2. The minimum absolute atomic E-state index is 0.0154. The Balaban J connectivity index is 2.41. The standard InChI is InChI=1S/C13H17NO3/c1-8-3-4-9(5-11(8)17-2)13(12(15)16)6-10(14)7-13/h3-5,10H,6-7,14H2,1-2H3,(H,15,16). The SMILES string of the molecule is COc1cc(C2(C(=O)O)CC(N)C2)ccc1C. The molecular weight excluding hydrogens is 218 g/mol. The fourth-order valence-electron chi connectivity index (χ4n) is 2.49. The second-order valence-corrected chi connectivity index (χ2v) is 4.74.